The Hall–Kier alpha value is -2.84. The van der Waals surface area contributed by atoms with E-state index >= 15 is 4.39 Å². The molecule has 1 aliphatic heterocycles. The fraction of sp³-hybridized carbons (Fsp3) is 0.370. The van der Waals surface area contributed by atoms with E-state index in [1.165, 1.54) is 24.0 Å². The van der Waals surface area contributed by atoms with E-state index in [4.69, 9.17) is 16.3 Å². The van der Waals surface area contributed by atoms with E-state index in [0.717, 1.165) is 23.5 Å². The Kier molecular flexibility index (Phi) is 7.76. The second kappa shape index (κ2) is 10.6. The molecule has 1 atom stereocenters. The molecule has 1 aromatic heterocycles. The van der Waals surface area contributed by atoms with E-state index < -0.39 is 23.6 Å². The standard InChI is InChI=1S/C27H27ClF4N2O2/c1-17-23(21-11-10-19(28)15-22(21)29)24(26(35)33(2)13-12-20-9-6-14-36-20)34(25(17)27(30,31)32)16-18-7-4-3-5-8-18/h3-5,7-8,10-11,15,20H,6,9,12-14,16H2,1-2H3. The summed E-state index contributed by atoms with van der Waals surface area (Å²) in [7, 11) is 1.54. The van der Waals surface area contributed by atoms with Gasteiger partial charge >= 0.3 is 6.18 Å². The first-order chi connectivity index (χ1) is 17.1. The minimum Gasteiger partial charge on any atom is -0.378 e. The van der Waals surface area contributed by atoms with Crippen LogP contribution in [0.25, 0.3) is 11.1 Å². The molecule has 0 aliphatic carbocycles. The minimum absolute atomic E-state index is 0.0111. The van der Waals surface area contributed by atoms with Crippen LogP contribution in [0.3, 0.4) is 0 Å². The first-order valence-corrected chi connectivity index (χ1v) is 12.1. The molecular weight excluding hydrogens is 496 g/mol. The number of aromatic nitrogens is 1. The first kappa shape index (κ1) is 26.2. The Morgan fingerprint density at radius 1 is 1.19 bits per heavy atom. The van der Waals surface area contributed by atoms with Gasteiger partial charge in [-0.2, -0.15) is 13.2 Å². The molecule has 1 unspecified atom stereocenters. The number of rotatable bonds is 7. The van der Waals surface area contributed by atoms with Gasteiger partial charge < -0.3 is 14.2 Å². The third kappa shape index (κ3) is 5.44. The van der Waals surface area contributed by atoms with Gasteiger partial charge in [-0.3, -0.25) is 4.79 Å². The number of benzene rings is 2. The number of carbonyl (C=O) groups is 1. The van der Waals surface area contributed by atoms with Crippen molar-refractivity contribution in [2.75, 3.05) is 20.2 Å². The maximum Gasteiger partial charge on any atom is 0.431 e. The zero-order chi connectivity index (χ0) is 26.0. The molecule has 1 saturated heterocycles. The van der Waals surface area contributed by atoms with Crippen molar-refractivity contribution in [3.05, 3.63) is 81.9 Å². The largest absolute Gasteiger partial charge is 0.431 e. The Labute approximate surface area is 212 Å². The SMILES string of the molecule is Cc1c(-c2ccc(Cl)cc2F)c(C(=O)N(C)CCC2CCCO2)n(Cc2ccccc2)c1C(F)(F)F. The zero-order valence-electron chi connectivity index (χ0n) is 20.0. The van der Waals surface area contributed by atoms with Crippen LogP contribution in [-0.4, -0.2) is 41.7 Å². The monoisotopic (exact) mass is 522 g/mol. The van der Waals surface area contributed by atoms with Crippen LogP contribution < -0.4 is 0 Å². The number of hydrogen-bond acceptors (Lipinski definition) is 2. The van der Waals surface area contributed by atoms with Crippen molar-refractivity contribution < 1.29 is 27.1 Å². The minimum atomic E-state index is -4.77. The normalized spacial score (nSPS) is 15.9. The van der Waals surface area contributed by atoms with Crippen molar-refractivity contribution in [3.63, 3.8) is 0 Å². The average Bonchev–Trinajstić information content (AvgIpc) is 3.43. The smallest absolute Gasteiger partial charge is 0.378 e. The van der Waals surface area contributed by atoms with Crippen LogP contribution in [0.5, 0.6) is 0 Å². The lowest BCUT2D eigenvalue weighted by molar-refractivity contribution is -0.143. The molecular formula is C27H27ClF4N2O2. The van der Waals surface area contributed by atoms with Crippen LogP contribution >= 0.6 is 11.6 Å². The molecule has 0 N–H and O–H groups in total. The molecule has 0 bridgehead atoms. The second-order valence-corrected chi connectivity index (χ2v) is 9.48. The highest BCUT2D eigenvalue weighted by atomic mass is 35.5. The van der Waals surface area contributed by atoms with Crippen molar-refractivity contribution in [3.8, 4) is 11.1 Å². The molecule has 192 valence electrons. The van der Waals surface area contributed by atoms with Crippen molar-refractivity contribution in [2.45, 2.75) is 45.0 Å². The Balaban J connectivity index is 1.88. The molecule has 0 saturated carbocycles. The van der Waals surface area contributed by atoms with Crippen LogP contribution in [0, 0.1) is 12.7 Å². The lowest BCUT2D eigenvalue weighted by atomic mass is 9.99. The lowest BCUT2D eigenvalue weighted by Crippen LogP contribution is -2.32. The van der Waals surface area contributed by atoms with E-state index in [-0.39, 0.29) is 40.1 Å². The van der Waals surface area contributed by atoms with Crippen molar-refractivity contribution in [2.24, 2.45) is 0 Å². The summed E-state index contributed by atoms with van der Waals surface area (Å²) in [4.78, 5) is 15.2. The fourth-order valence-corrected chi connectivity index (χ4v) is 4.93. The molecule has 4 nitrogen and oxygen atoms in total. The highest BCUT2D eigenvalue weighted by molar-refractivity contribution is 6.30. The maximum absolute atomic E-state index is 15.1. The number of carbonyl (C=O) groups excluding carboxylic acids is 1. The summed E-state index contributed by atoms with van der Waals surface area (Å²) in [5.74, 6) is -1.42. The van der Waals surface area contributed by atoms with Crippen LogP contribution in [0.4, 0.5) is 17.6 Å². The van der Waals surface area contributed by atoms with E-state index in [1.807, 2.05) is 0 Å². The van der Waals surface area contributed by atoms with Crippen LogP contribution in [0.1, 0.15) is 46.6 Å². The summed E-state index contributed by atoms with van der Waals surface area (Å²) in [5.41, 5.74) is -1.01. The van der Waals surface area contributed by atoms with Gasteiger partial charge in [0.2, 0.25) is 0 Å². The predicted molar refractivity (Wildman–Crippen MR) is 131 cm³/mol. The lowest BCUT2D eigenvalue weighted by Gasteiger charge is -2.22. The summed E-state index contributed by atoms with van der Waals surface area (Å²) in [6.45, 7) is 2.03. The van der Waals surface area contributed by atoms with Crippen LogP contribution in [0.15, 0.2) is 48.5 Å². The number of hydrogen-bond donors (Lipinski definition) is 0. The number of halogens is 5. The quantitative estimate of drug-likeness (QED) is 0.314. The fourth-order valence-electron chi connectivity index (χ4n) is 4.77. The molecule has 1 amide bonds. The van der Waals surface area contributed by atoms with Gasteiger partial charge in [-0.05, 0) is 55.5 Å². The van der Waals surface area contributed by atoms with E-state index in [0.29, 0.717) is 25.1 Å². The molecule has 9 heteroatoms. The van der Waals surface area contributed by atoms with E-state index in [9.17, 15) is 18.0 Å². The number of nitrogens with zero attached hydrogens (tertiary/aromatic N) is 2. The molecule has 1 aliphatic rings. The third-order valence-electron chi connectivity index (χ3n) is 6.52. The van der Waals surface area contributed by atoms with Crippen LogP contribution in [0.2, 0.25) is 5.02 Å². The highest BCUT2D eigenvalue weighted by Gasteiger charge is 2.42. The van der Waals surface area contributed by atoms with Gasteiger partial charge in [-0.1, -0.05) is 41.9 Å². The van der Waals surface area contributed by atoms with Crippen molar-refractivity contribution in [1.82, 2.24) is 9.47 Å². The summed E-state index contributed by atoms with van der Waals surface area (Å²) >= 11 is 5.90. The maximum atomic E-state index is 15.1. The van der Waals surface area contributed by atoms with Gasteiger partial charge in [0.1, 0.15) is 17.2 Å². The second-order valence-electron chi connectivity index (χ2n) is 9.04. The predicted octanol–water partition coefficient (Wildman–Crippen LogP) is 6.96. The summed E-state index contributed by atoms with van der Waals surface area (Å²) in [6.07, 6.45) is -2.37. The van der Waals surface area contributed by atoms with Gasteiger partial charge in [0.05, 0.1) is 6.10 Å². The molecule has 2 heterocycles. The van der Waals surface area contributed by atoms with E-state index in [2.05, 4.69) is 0 Å². The molecule has 2 aromatic carbocycles. The molecule has 0 spiro atoms. The summed E-state index contributed by atoms with van der Waals surface area (Å²) < 4.78 is 64.9. The van der Waals surface area contributed by atoms with Crippen molar-refractivity contribution >= 4 is 17.5 Å². The topological polar surface area (TPSA) is 34.5 Å². The molecule has 0 radical (unpaired) electrons. The molecule has 4 rings (SSSR count). The Bertz CT molecular complexity index is 1230. The third-order valence-corrected chi connectivity index (χ3v) is 6.75. The zero-order valence-corrected chi connectivity index (χ0v) is 20.8. The van der Waals surface area contributed by atoms with Gasteiger partial charge in [-0.15, -0.1) is 0 Å². The Morgan fingerprint density at radius 2 is 1.92 bits per heavy atom. The first-order valence-electron chi connectivity index (χ1n) is 11.7. The average molecular weight is 523 g/mol. The summed E-state index contributed by atoms with van der Waals surface area (Å²) in [5, 5.41) is 0.107. The summed E-state index contributed by atoms with van der Waals surface area (Å²) in [6, 6.07) is 12.3. The molecule has 36 heavy (non-hydrogen) atoms. The van der Waals surface area contributed by atoms with Gasteiger partial charge in [0.15, 0.2) is 0 Å². The van der Waals surface area contributed by atoms with Crippen molar-refractivity contribution in [1.29, 1.82) is 0 Å². The number of ether oxygens (including phenoxy) is 1. The molecule has 3 aromatic rings. The van der Waals surface area contributed by atoms with Gasteiger partial charge in [0.25, 0.3) is 5.91 Å². The van der Waals surface area contributed by atoms with E-state index in [1.54, 1.807) is 37.4 Å². The Morgan fingerprint density at radius 3 is 2.53 bits per heavy atom. The highest BCUT2D eigenvalue weighted by Crippen LogP contribution is 2.42. The molecule has 1 fully saturated rings. The number of amides is 1. The van der Waals surface area contributed by atoms with Gasteiger partial charge in [0, 0.05) is 42.9 Å². The van der Waals surface area contributed by atoms with Crippen LogP contribution in [-0.2, 0) is 17.5 Å². The van der Waals surface area contributed by atoms with Gasteiger partial charge in [-0.25, -0.2) is 4.39 Å². The number of alkyl halides is 3.